The standard InChI is InChI=1S/C29H30N4O3S/c1-17-11-21(34)12-18(2)22(17)14-23(30)29(36)33-16-20-8-4-3-7-19(20)13-25(33)28(35)31-15-27-32-24-9-5-6-10-26(24)37-27/h3-12,23,25,34H,13-16,30H2,1-2H3,(H,31,35)/t23-,25-/m0/s1. The van der Waals surface area contributed by atoms with Gasteiger partial charge >= 0.3 is 0 Å². The molecule has 1 aliphatic rings. The summed E-state index contributed by atoms with van der Waals surface area (Å²) in [6, 6.07) is 17.6. The van der Waals surface area contributed by atoms with E-state index in [9.17, 15) is 14.7 Å². The Morgan fingerprint density at radius 1 is 1.11 bits per heavy atom. The Morgan fingerprint density at radius 3 is 2.51 bits per heavy atom. The van der Waals surface area contributed by atoms with E-state index in [2.05, 4.69) is 10.3 Å². The SMILES string of the molecule is Cc1cc(O)cc(C)c1C[C@H](N)C(=O)N1Cc2ccccc2C[C@H]1C(=O)NCc1nc2ccccc2s1. The van der Waals surface area contributed by atoms with Gasteiger partial charge in [0.15, 0.2) is 0 Å². The van der Waals surface area contributed by atoms with E-state index >= 15 is 0 Å². The Kier molecular flexibility index (Phi) is 6.95. The van der Waals surface area contributed by atoms with E-state index in [1.54, 1.807) is 28.4 Å². The molecule has 2 heterocycles. The summed E-state index contributed by atoms with van der Waals surface area (Å²) in [4.78, 5) is 33.3. The first-order valence-electron chi connectivity index (χ1n) is 12.3. The molecule has 3 aromatic carbocycles. The van der Waals surface area contributed by atoms with E-state index in [0.717, 1.165) is 43.0 Å². The summed E-state index contributed by atoms with van der Waals surface area (Å²) in [5.74, 6) is -0.288. The van der Waals surface area contributed by atoms with Gasteiger partial charge in [0.25, 0.3) is 0 Å². The van der Waals surface area contributed by atoms with Gasteiger partial charge in [-0.15, -0.1) is 11.3 Å². The number of phenols is 1. The van der Waals surface area contributed by atoms with Gasteiger partial charge in [0.2, 0.25) is 11.8 Å². The second-order valence-corrected chi connectivity index (χ2v) is 10.7. The van der Waals surface area contributed by atoms with Crippen molar-refractivity contribution in [1.82, 2.24) is 15.2 Å². The normalized spacial score (nSPS) is 15.9. The van der Waals surface area contributed by atoms with Gasteiger partial charge in [-0.1, -0.05) is 36.4 Å². The van der Waals surface area contributed by atoms with E-state index in [4.69, 9.17) is 5.73 Å². The number of hydrogen-bond acceptors (Lipinski definition) is 6. The average molecular weight is 515 g/mol. The topological polar surface area (TPSA) is 109 Å². The zero-order valence-corrected chi connectivity index (χ0v) is 21.7. The highest BCUT2D eigenvalue weighted by atomic mass is 32.1. The molecule has 1 aromatic heterocycles. The molecule has 0 radical (unpaired) electrons. The highest BCUT2D eigenvalue weighted by Gasteiger charge is 2.36. The van der Waals surface area contributed by atoms with Crippen LogP contribution in [-0.2, 0) is 35.5 Å². The number of carbonyl (C=O) groups is 2. The minimum absolute atomic E-state index is 0.191. The summed E-state index contributed by atoms with van der Waals surface area (Å²) in [5, 5.41) is 13.7. The number of nitrogens with one attached hydrogen (secondary N) is 1. The number of hydrogen-bond donors (Lipinski definition) is 3. The van der Waals surface area contributed by atoms with Gasteiger partial charge in [0, 0.05) is 13.0 Å². The Bertz CT molecular complexity index is 1430. The van der Waals surface area contributed by atoms with Crippen LogP contribution in [0.1, 0.15) is 32.8 Å². The van der Waals surface area contributed by atoms with Gasteiger partial charge in [-0.05, 0) is 72.4 Å². The number of aromatic nitrogens is 1. The molecule has 0 unspecified atom stereocenters. The Morgan fingerprint density at radius 2 is 1.78 bits per heavy atom. The molecule has 2 atom stereocenters. The molecule has 0 bridgehead atoms. The third kappa shape index (κ3) is 5.21. The van der Waals surface area contributed by atoms with E-state index in [1.807, 2.05) is 62.4 Å². The molecular weight excluding hydrogens is 484 g/mol. The fraction of sp³-hybridized carbons (Fsp3) is 0.276. The number of rotatable bonds is 6. The highest BCUT2D eigenvalue weighted by Crippen LogP contribution is 2.27. The van der Waals surface area contributed by atoms with Crippen LogP contribution < -0.4 is 11.1 Å². The third-order valence-corrected chi connectivity index (χ3v) is 8.04. The van der Waals surface area contributed by atoms with Crippen LogP contribution in [0.2, 0.25) is 0 Å². The second-order valence-electron chi connectivity index (χ2n) is 9.62. The summed E-state index contributed by atoms with van der Waals surface area (Å²) in [5.41, 5.74) is 12.2. The predicted octanol–water partition coefficient (Wildman–Crippen LogP) is 3.76. The number of carbonyl (C=O) groups excluding carboxylic acids is 2. The Labute approximate surface area is 219 Å². The number of aryl methyl sites for hydroxylation is 2. The van der Waals surface area contributed by atoms with Crippen molar-refractivity contribution in [2.75, 3.05) is 0 Å². The van der Waals surface area contributed by atoms with Crippen LogP contribution in [-0.4, -0.2) is 38.9 Å². The summed E-state index contributed by atoms with van der Waals surface area (Å²) in [6.45, 7) is 4.43. The third-order valence-electron chi connectivity index (χ3n) is 7.01. The van der Waals surface area contributed by atoms with Crippen LogP contribution in [0.5, 0.6) is 5.75 Å². The maximum Gasteiger partial charge on any atom is 0.243 e. The molecule has 0 aliphatic carbocycles. The maximum atomic E-state index is 13.7. The van der Waals surface area contributed by atoms with Gasteiger partial charge in [0.05, 0.1) is 22.8 Å². The van der Waals surface area contributed by atoms with Crippen molar-refractivity contribution in [3.05, 3.63) is 93.5 Å². The summed E-state index contributed by atoms with van der Waals surface area (Å²) in [6.07, 6.45) is 0.756. The lowest BCUT2D eigenvalue weighted by Gasteiger charge is -2.37. The lowest BCUT2D eigenvalue weighted by molar-refractivity contribution is -0.142. The molecule has 1 aliphatic heterocycles. The summed E-state index contributed by atoms with van der Waals surface area (Å²) < 4.78 is 1.07. The molecule has 0 fully saturated rings. The maximum absolute atomic E-state index is 13.7. The molecule has 37 heavy (non-hydrogen) atoms. The van der Waals surface area contributed by atoms with Crippen LogP contribution in [0.3, 0.4) is 0 Å². The van der Waals surface area contributed by atoms with Crippen molar-refractivity contribution in [1.29, 1.82) is 0 Å². The number of nitrogens with two attached hydrogens (primary N) is 1. The van der Waals surface area contributed by atoms with E-state index in [-0.39, 0.29) is 17.6 Å². The van der Waals surface area contributed by atoms with E-state index < -0.39 is 12.1 Å². The van der Waals surface area contributed by atoms with E-state index in [0.29, 0.717) is 25.9 Å². The average Bonchev–Trinajstić information content (AvgIpc) is 3.31. The second kappa shape index (κ2) is 10.3. The monoisotopic (exact) mass is 514 g/mol. The molecule has 8 heteroatoms. The van der Waals surface area contributed by atoms with Crippen LogP contribution in [0.25, 0.3) is 10.2 Å². The van der Waals surface area contributed by atoms with Crippen molar-refractivity contribution in [2.45, 2.75) is 51.9 Å². The van der Waals surface area contributed by atoms with E-state index in [1.165, 1.54) is 0 Å². The fourth-order valence-corrected chi connectivity index (χ4v) is 5.98. The number of nitrogens with zero attached hydrogens (tertiary/aromatic N) is 2. The highest BCUT2D eigenvalue weighted by molar-refractivity contribution is 7.18. The Balaban J connectivity index is 1.35. The lowest BCUT2D eigenvalue weighted by Crippen LogP contribution is -2.56. The zero-order valence-electron chi connectivity index (χ0n) is 20.9. The van der Waals surface area contributed by atoms with Crippen molar-refractivity contribution in [3.63, 3.8) is 0 Å². The molecule has 7 nitrogen and oxygen atoms in total. The molecule has 0 saturated carbocycles. The first-order valence-corrected chi connectivity index (χ1v) is 13.2. The smallest absolute Gasteiger partial charge is 0.243 e. The molecule has 0 spiro atoms. The Hall–Kier alpha value is -3.75. The van der Waals surface area contributed by atoms with Crippen molar-refractivity contribution < 1.29 is 14.7 Å². The van der Waals surface area contributed by atoms with Crippen LogP contribution in [0, 0.1) is 13.8 Å². The summed E-state index contributed by atoms with van der Waals surface area (Å²) >= 11 is 1.55. The molecule has 4 aromatic rings. The van der Waals surface area contributed by atoms with Gasteiger partial charge < -0.3 is 21.1 Å². The fourth-order valence-electron chi connectivity index (χ4n) is 5.08. The number of benzene rings is 3. The molecule has 4 N–H and O–H groups in total. The number of aromatic hydroxyl groups is 1. The largest absolute Gasteiger partial charge is 0.508 e. The first kappa shape index (κ1) is 24.9. The summed E-state index contributed by atoms with van der Waals surface area (Å²) in [7, 11) is 0. The van der Waals surface area contributed by atoms with Crippen molar-refractivity contribution in [2.24, 2.45) is 5.73 Å². The van der Waals surface area contributed by atoms with Crippen LogP contribution >= 0.6 is 11.3 Å². The lowest BCUT2D eigenvalue weighted by atomic mass is 9.91. The van der Waals surface area contributed by atoms with Crippen LogP contribution in [0.4, 0.5) is 0 Å². The predicted molar refractivity (Wildman–Crippen MR) is 145 cm³/mol. The molecule has 5 rings (SSSR count). The quantitative estimate of drug-likeness (QED) is 0.363. The molecule has 2 amide bonds. The first-order chi connectivity index (χ1) is 17.8. The number of fused-ring (bicyclic) bond motifs is 2. The van der Waals surface area contributed by atoms with Crippen molar-refractivity contribution >= 4 is 33.4 Å². The zero-order chi connectivity index (χ0) is 26.1. The number of thiazole rings is 1. The molecule has 0 saturated heterocycles. The minimum Gasteiger partial charge on any atom is -0.508 e. The van der Waals surface area contributed by atoms with Gasteiger partial charge in [-0.2, -0.15) is 0 Å². The van der Waals surface area contributed by atoms with Crippen molar-refractivity contribution in [3.8, 4) is 5.75 Å². The van der Waals surface area contributed by atoms with Gasteiger partial charge in [-0.3, -0.25) is 9.59 Å². The van der Waals surface area contributed by atoms with Crippen LogP contribution in [0.15, 0.2) is 60.7 Å². The molecular formula is C29H30N4O3S. The number of phenolic OH excluding ortho intramolecular Hbond substituents is 1. The van der Waals surface area contributed by atoms with Gasteiger partial charge in [0.1, 0.15) is 16.8 Å². The number of amides is 2. The minimum atomic E-state index is -0.813. The van der Waals surface area contributed by atoms with Gasteiger partial charge in [-0.25, -0.2) is 4.98 Å². The number of para-hydroxylation sites is 1. The molecule has 190 valence electrons.